The van der Waals surface area contributed by atoms with Crippen LogP contribution in [0, 0.1) is 0 Å². The number of ether oxygens (including phenoxy) is 1. The zero-order valence-electron chi connectivity index (χ0n) is 11.8. The highest BCUT2D eigenvalue weighted by Crippen LogP contribution is 2.21. The lowest BCUT2D eigenvalue weighted by molar-refractivity contribution is -0.242. The van der Waals surface area contributed by atoms with Crippen LogP contribution in [0.5, 0.6) is 0 Å². The van der Waals surface area contributed by atoms with Gasteiger partial charge in [-0.3, -0.25) is 9.88 Å². The van der Waals surface area contributed by atoms with Gasteiger partial charge in [0.15, 0.2) is 0 Å². The zero-order chi connectivity index (χ0) is 14.0. The molecule has 5 nitrogen and oxygen atoms in total. The van der Waals surface area contributed by atoms with E-state index in [0.717, 1.165) is 17.7 Å². The number of hydrogen-bond acceptors (Lipinski definition) is 5. The molecular weight excluding hydrogens is 244 g/mol. The third-order valence-electron chi connectivity index (χ3n) is 3.07. The Balaban J connectivity index is 2.06. The lowest BCUT2D eigenvalue weighted by atomic mass is 10.1. The SMILES string of the molecule is CC(C)(C)OC(O)N1CCc2nc(CO)ccc2C1. The van der Waals surface area contributed by atoms with E-state index >= 15 is 0 Å². The Kier molecular flexibility index (Phi) is 4.20. The van der Waals surface area contributed by atoms with Crippen molar-refractivity contribution in [2.24, 2.45) is 0 Å². The number of fused-ring (bicyclic) bond motifs is 1. The maximum absolute atomic E-state index is 10.1. The molecule has 0 aromatic carbocycles. The molecule has 1 aromatic heterocycles. The Morgan fingerprint density at radius 3 is 2.79 bits per heavy atom. The van der Waals surface area contributed by atoms with Crippen molar-refractivity contribution in [1.29, 1.82) is 0 Å². The fourth-order valence-corrected chi connectivity index (χ4v) is 2.15. The van der Waals surface area contributed by atoms with Gasteiger partial charge in [0.25, 0.3) is 0 Å². The average Bonchev–Trinajstić information content (AvgIpc) is 2.35. The number of rotatable bonds is 3. The molecule has 0 saturated carbocycles. The van der Waals surface area contributed by atoms with Gasteiger partial charge in [0.1, 0.15) is 0 Å². The molecule has 0 aliphatic carbocycles. The number of aliphatic hydroxyl groups is 2. The van der Waals surface area contributed by atoms with E-state index in [4.69, 9.17) is 9.84 Å². The monoisotopic (exact) mass is 266 g/mol. The van der Waals surface area contributed by atoms with Gasteiger partial charge in [-0.15, -0.1) is 0 Å². The van der Waals surface area contributed by atoms with Crippen LogP contribution in [0.3, 0.4) is 0 Å². The van der Waals surface area contributed by atoms with E-state index in [1.165, 1.54) is 0 Å². The number of pyridine rings is 1. The first kappa shape index (κ1) is 14.4. The minimum atomic E-state index is -0.898. The lowest BCUT2D eigenvalue weighted by Gasteiger charge is -2.35. The molecule has 2 rings (SSSR count). The smallest absolute Gasteiger partial charge is 0.216 e. The van der Waals surface area contributed by atoms with Crippen LogP contribution in [-0.2, 0) is 24.3 Å². The summed E-state index contributed by atoms with van der Waals surface area (Å²) in [5.41, 5.74) is 2.41. The molecule has 0 radical (unpaired) electrons. The molecule has 0 spiro atoms. The van der Waals surface area contributed by atoms with Crippen LogP contribution in [0.2, 0.25) is 0 Å². The van der Waals surface area contributed by atoms with Crippen molar-refractivity contribution in [3.05, 3.63) is 29.1 Å². The second-order valence-electron chi connectivity index (χ2n) is 5.84. The van der Waals surface area contributed by atoms with E-state index in [0.29, 0.717) is 18.8 Å². The molecule has 2 N–H and O–H groups in total. The van der Waals surface area contributed by atoms with Gasteiger partial charge >= 0.3 is 0 Å². The molecule has 19 heavy (non-hydrogen) atoms. The Hall–Kier alpha value is -1.01. The molecule has 1 aliphatic rings. The Morgan fingerprint density at radius 1 is 1.42 bits per heavy atom. The van der Waals surface area contributed by atoms with Crippen LogP contribution in [0.25, 0.3) is 0 Å². The quantitative estimate of drug-likeness (QED) is 0.800. The molecule has 2 heterocycles. The van der Waals surface area contributed by atoms with Crippen molar-refractivity contribution in [1.82, 2.24) is 9.88 Å². The van der Waals surface area contributed by atoms with E-state index in [-0.39, 0.29) is 12.2 Å². The Morgan fingerprint density at radius 2 is 2.16 bits per heavy atom. The summed E-state index contributed by atoms with van der Waals surface area (Å²) in [6, 6.07) is 3.78. The summed E-state index contributed by atoms with van der Waals surface area (Å²) < 4.78 is 5.56. The van der Waals surface area contributed by atoms with Crippen LogP contribution >= 0.6 is 0 Å². The Bertz CT molecular complexity index is 443. The van der Waals surface area contributed by atoms with Gasteiger partial charge in [-0.2, -0.15) is 0 Å². The predicted octanol–water partition coefficient (Wildman–Crippen LogP) is 1.02. The summed E-state index contributed by atoms with van der Waals surface area (Å²) in [5.74, 6) is 0. The normalized spacial score (nSPS) is 18.2. The van der Waals surface area contributed by atoms with Crippen molar-refractivity contribution >= 4 is 0 Å². The fraction of sp³-hybridized carbons (Fsp3) is 0.643. The van der Waals surface area contributed by atoms with Crippen molar-refractivity contribution in [3.63, 3.8) is 0 Å². The van der Waals surface area contributed by atoms with Gasteiger partial charge in [0.2, 0.25) is 6.41 Å². The highest BCUT2D eigenvalue weighted by Gasteiger charge is 2.26. The molecule has 1 aliphatic heterocycles. The average molecular weight is 266 g/mol. The first-order valence-electron chi connectivity index (χ1n) is 6.57. The topological polar surface area (TPSA) is 65.8 Å². The van der Waals surface area contributed by atoms with E-state index < -0.39 is 6.41 Å². The molecule has 0 amide bonds. The second-order valence-corrected chi connectivity index (χ2v) is 5.84. The number of nitrogens with zero attached hydrogens (tertiary/aromatic N) is 2. The van der Waals surface area contributed by atoms with Crippen LogP contribution in [0.4, 0.5) is 0 Å². The third kappa shape index (κ3) is 3.73. The molecule has 0 bridgehead atoms. The predicted molar refractivity (Wildman–Crippen MR) is 71.1 cm³/mol. The minimum Gasteiger partial charge on any atom is -0.390 e. The summed E-state index contributed by atoms with van der Waals surface area (Å²) >= 11 is 0. The van der Waals surface area contributed by atoms with Gasteiger partial charge in [-0.05, 0) is 32.4 Å². The lowest BCUT2D eigenvalue weighted by Crippen LogP contribution is -2.44. The Labute approximate surface area is 113 Å². The van der Waals surface area contributed by atoms with E-state index in [9.17, 15) is 5.11 Å². The molecule has 1 aromatic rings. The van der Waals surface area contributed by atoms with E-state index in [1.54, 1.807) is 0 Å². The first-order valence-corrected chi connectivity index (χ1v) is 6.57. The fourth-order valence-electron chi connectivity index (χ4n) is 2.15. The zero-order valence-corrected chi connectivity index (χ0v) is 11.8. The molecule has 0 fully saturated rings. The molecule has 106 valence electrons. The highest BCUT2D eigenvalue weighted by atomic mass is 16.6. The van der Waals surface area contributed by atoms with Gasteiger partial charge in [0.05, 0.1) is 17.9 Å². The van der Waals surface area contributed by atoms with E-state index in [2.05, 4.69) is 4.98 Å². The molecule has 5 heteroatoms. The largest absolute Gasteiger partial charge is 0.390 e. The third-order valence-corrected chi connectivity index (χ3v) is 3.07. The summed E-state index contributed by atoms with van der Waals surface area (Å²) in [6.07, 6.45) is -0.140. The maximum atomic E-state index is 10.1. The van der Waals surface area contributed by atoms with Gasteiger partial charge in [0, 0.05) is 25.2 Å². The molecular formula is C14H22N2O3. The number of aromatic nitrogens is 1. The summed E-state index contributed by atoms with van der Waals surface area (Å²) in [5, 5.41) is 19.2. The highest BCUT2D eigenvalue weighted by molar-refractivity contribution is 5.25. The van der Waals surface area contributed by atoms with Crippen molar-refractivity contribution in [2.45, 2.75) is 52.4 Å². The van der Waals surface area contributed by atoms with Gasteiger partial charge < -0.3 is 14.9 Å². The van der Waals surface area contributed by atoms with Crippen molar-refractivity contribution in [2.75, 3.05) is 6.54 Å². The van der Waals surface area contributed by atoms with Crippen LogP contribution in [0.1, 0.15) is 37.7 Å². The second kappa shape index (κ2) is 5.54. The molecule has 0 saturated heterocycles. The minimum absolute atomic E-state index is 0.0350. The van der Waals surface area contributed by atoms with Crippen molar-refractivity contribution < 1.29 is 14.9 Å². The summed E-state index contributed by atoms with van der Waals surface area (Å²) in [6.45, 7) is 7.04. The number of aliphatic hydroxyl groups excluding tert-OH is 2. The van der Waals surface area contributed by atoms with Crippen LogP contribution in [-0.4, -0.2) is 38.7 Å². The van der Waals surface area contributed by atoms with Gasteiger partial charge in [-0.1, -0.05) is 6.07 Å². The first-order chi connectivity index (χ1) is 8.89. The van der Waals surface area contributed by atoms with Crippen molar-refractivity contribution in [3.8, 4) is 0 Å². The number of hydrogen-bond donors (Lipinski definition) is 2. The van der Waals surface area contributed by atoms with Gasteiger partial charge in [-0.25, -0.2) is 0 Å². The maximum Gasteiger partial charge on any atom is 0.216 e. The van der Waals surface area contributed by atoms with Crippen LogP contribution < -0.4 is 0 Å². The summed E-state index contributed by atoms with van der Waals surface area (Å²) in [4.78, 5) is 6.28. The van der Waals surface area contributed by atoms with Crippen LogP contribution in [0.15, 0.2) is 12.1 Å². The standard InChI is InChI=1S/C14H22N2O3/c1-14(2,3)19-13(18)16-7-6-12-10(8-16)4-5-11(9-17)15-12/h4-5,13,17-18H,6-9H2,1-3H3. The molecule has 1 unspecified atom stereocenters. The molecule has 1 atom stereocenters. The van der Waals surface area contributed by atoms with E-state index in [1.807, 2.05) is 37.8 Å². The summed E-state index contributed by atoms with van der Waals surface area (Å²) in [7, 11) is 0.